The van der Waals surface area contributed by atoms with Gasteiger partial charge in [-0.05, 0) is 84.3 Å². The molecule has 0 unspecified atom stereocenters. The highest BCUT2D eigenvalue weighted by atomic mass is 16.5. The lowest BCUT2D eigenvalue weighted by Crippen LogP contribution is -2.17. The van der Waals surface area contributed by atoms with Crippen LogP contribution in [0, 0.1) is 0 Å². The number of amides is 1. The molecule has 0 spiro atoms. The number of hydrogen-bond acceptors (Lipinski definition) is 5. The molecule has 0 aromatic heterocycles. The summed E-state index contributed by atoms with van der Waals surface area (Å²) in [6, 6.07) is 21.4. The van der Waals surface area contributed by atoms with Gasteiger partial charge in [-0.2, -0.15) is 5.10 Å². The topological polar surface area (TPSA) is 63.2 Å². The predicted molar refractivity (Wildman–Crippen MR) is 122 cm³/mol. The number of benzene rings is 3. The Kier molecular flexibility index (Phi) is 6.17. The Morgan fingerprint density at radius 2 is 1.71 bits per heavy atom. The molecule has 1 N–H and O–H groups in total. The van der Waals surface area contributed by atoms with E-state index in [4.69, 9.17) is 9.47 Å². The second-order valence-electron chi connectivity index (χ2n) is 7.24. The van der Waals surface area contributed by atoms with Crippen molar-refractivity contribution in [2.75, 3.05) is 18.6 Å². The minimum absolute atomic E-state index is 0.229. The average Bonchev–Trinajstić information content (AvgIpc) is 3.24. The van der Waals surface area contributed by atoms with Crippen molar-refractivity contribution in [2.45, 2.75) is 20.0 Å². The molecule has 0 fully saturated rings. The van der Waals surface area contributed by atoms with E-state index < -0.39 is 0 Å². The second-order valence-corrected chi connectivity index (χ2v) is 7.24. The van der Waals surface area contributed by atoms with Crippen molar-refractivity contribution < 1.29 is 14.3 Å². The Morgan fingerprint density at radius 1 is 1.00 bits per heavy atom. The molecule has 0 bridgehead atoms. The van der Waals surface area contributed by atoms with E-state index in [1.54, 1.807) is 13.3 Å². The number of hydrogen-bond donors (Lipinski definition) is 1. The molecule has 1 amide bonds. The van der Waals surface area contributed by atoms with Crippen LogP contribution in [0.3, 0.4) is 0 Å². The van der Waals surface area contributed by atoms with Gasteiger partial charge in [-0.3, -0.25) is 4.79 Å². The first-order valence-electron chi connectivity index (χ1n) is 10.2. The molecule has 3 aromatic rings. The quantitative estimate of drug-likeness (QED) is 0.460. The zero-order chi connectivity index (χ0) is 21.6. The van der Waals surface area contributed by atoms with Crippen molar-refractivity contribution in [3.63, 3.8) is 0 Å². The summed E-state index contributed by atoms with van der Waals surface area (Å²) in [4.78, 5) is 14.8. The maximum Gasteiger partial charge on any atom is 0.271 e. The van der Waals surface area contributed by atoms with Crippen molar-refractivity contribution in [1.82, 2.24) is 5.43 Å². The van der Waals surface area contributed by atoms with Gasteiger partial charge < -0.3 is 14.4 Å². The van der Waals surface area contributed by atoms with Crippen LogP contribution in [0.15, 0.2) is 71.8 Å². The first kappa shape index (κ1) is 20.5. The molecule has 1 aliphatic rings. The van der Waals surface area contributed by atoms with E-state index in [9.17, 15) is 4.79 Å². The number of ether oxygens (including phenoxy) is 2. The van der Waals surface area contributed by atoms with Crippen LogP contribution in [0.1, 0.15) is 34.0 Å². The summed E-state index contributed by atoms with van der Waals surface area (Å²) >= 11 is 0. The fraction of sp³-hybridized carbons (Fsp3) is 0.200. The van der Waals surface area contributed by atoms with Crippen LogP contribution >= 0.6 is 0 Å². The van der Waals surface area contributed by atoms with Gasteiger partial charge in [-0.25, -0.2) is 5.43 Å². The Balaban J connectivity index is 1.37. The van der Waals surface area contributed by atoms with Crippen LogP contribution in [-0.2, 0) is 13.1 Å². The summed E-state index contributed by atoms with van der Waals surface area (Å²) in [7, 11) is 1.66. The highest BCUT2D eigenvalue weighted by molar-refractivity contribution is 5.95. The number of rotatable bonds is 7. The van der Waals surface area contributed by atoms with Crippen molar-refractivity contribution in [1.29, 1.82) is 0 Å². The van der Waals surface area contributed by atoms with Gasteiger partial charge in [0.2, 0.25) is 0 Å². The third-order valence-electron chi connectivity index (χ3n) is 5.20. The zero-order valence-corrected chi connectivity index (χ0v) is 17.7. The molecule has 158 valence electrons. The fourth-order valence-corrected chi connectivity index (χ4v) is 3.56. The van der Waals surface area contributed by atoms with Gasteiger partial charge in [-0.1, -0.05) is 6.07 Å². The van der Waals surface area contributed by atoms with Gasteiger partial charge in [0.05, 0.1) is 19.9 Å². The third kappa shape index (κ3) is 4.86. The molecule has 0 atom stereocenters. The van der Waals surface area contributed by atoms with Crippen LogP contribution < -0.4 is 19.8 Å². The first-order chi connectivity index (χ1) is 15.2. The van der Waals surface area contributed by atoms with E-state index in [1.165, 1.54) is 5.56 Å². The summed E-state index contributed by atoms with van der Waals surface area (Å²) in [6.07, 6.45) is 1.62. The van der Waals surface area contributed by atoms with Crippen molar-refractivity contribution in [2.24, 2.45) is 5.10 Å². The van der Waals surface area contributed by atoms with E-state index in [2.05, 4.69) is 15.4 Å². The first-order valence-corrected chi connectivity index (χ1v) is 10.2. The number of methoxy groups -OCH3 is 1. The molecule has 6 heteroatoms. The Bertz CT molecular complexity index is 1080. The van der Waals surface area contributed by atoms with Crippen LogP contribution in [0.5, 0.6) is 11.5 Å². The molecular formula is C25H25N3O3. The van der Waals surface area contributed by atoms with Gasteiger partial charge in [-0.15, -0.1) is 0 Å². The van der Waals surface area contributed by atoms with Crippen LogP contribution in [-0.4, -0.2) is 25.8 Å². The zero-order valence-electron chi connectivity index (χ0n) is 17.7. The van der Waals surface area contributed by atoms with E-state index in [1.807, 2.05) is 73.7 Å². The number of carbonyl (C=O) groups excluding carboxylic acids is 1. The molecule has 0 aliphatic carbocycles. The van der Waals surface area contributed by atoms with Crippen LogP contribution in [0.4, 0.5) is 5.69 Å². The minimum Gasteiger partial charge on any atom is -0.497 e. The smallest absolute Gasteiger partial charge is 0.271 e. The van der Waals surface area contributed by atoms with Crippen molar-refractivity contribution in [3.05, 3.63) is 89.0 Å². The molecule has 3 aromatic carbocycles. The molecule has 1 aliphatic heterocycles. The standard InChI is InChI=1S/C25H25N3O3/c1-3-31-24-10-4-18(5-11-24)15-26-27-25(29)19-6-7-20-16-28(17-21(20)14-19)22-8-12-23(30-2)13-9-22/h4-15H,3,16-17H2,1-2H3,(H,27,29)/b26-15-. The summed E-state index contributed by atoms with van der Waals surface area (Å²) in [6.45, 7) is 4.15. The van der Waals surface area contributed by atoms with E-state index in [0.29, 0.717) is 12.2 Å². The molecule has 0 saturated carbocycles. The molecule has 0 saturated heterocycles. The maximum atomic E-state index is 12.5. The maximum absolute atomic E-state index is 12.5. The van der Waals surface area contributed by atoms with Crippen LogP contribution in [0.25, 0.3) is 0 Å². The van der Waals surface area contributed by atoms with E-state index in [0.717, 1.165) is 41.4 Å². The van der Waals surface area contributed by atoms with Gasteiger partial charge in [0, 0.05) is 24.3 Å². The third-order valence-corrected chi connectivity index (χ3v) is 5.20. The van der Waals surface area contributed by atoms with Crippen LogP contribution in [0.2, 0.25) is 0 Å². The molecule has 31 heavy (non-hydrogen) atoms. The summed E-state index contributed by atoms with van der Waals surface area (Å²) in [5.41, 5.74) is 7.59. The Hall–Kier alpha value is -3.80. The lowest BCUT2D eigenvalue weighted by molar-refractivity contribution is 0.0955. The number of nitrogens with zero attached hydrogens (tertiary/aromatic N) is 2. The van der Waals surface area contributed by atoms with Gasteiger partial charge in [0.15, 0.2) is 0 Å². The Morgan fingerprint density at radius 3 is 2.42 bits per heavy atom. The summed E-state index contributed by atoms with van der Waals surface area (Å²) in [5.74, 6) is 1.42. The van der Waals surface area contributed by atoms with Crippen molar-refractivity contribution in [3.8, 4) is 11.5 Å². The van der Waals surface area contributed by atoms with E-state index in [-0.39, 0.29) is 5.91 Å². The number of hydrazone groups is 1. The van der Waals surface area contributed by atoms with Gasteiger partial charge in [0.1, 0.15) is 11.5 Å². The highest BCUT2D eigenvalue weighted by Gasteiger charge is 2.20. The lowest BCUT2D eigenvalue weighted by Gasteiger charge is -2.17. The number of nitrogens with one attached hydrogen (secondary N) is 1. The molecular weight excluding hydrogens is 390 g/mol. The van der Waals surface area contributed by atoms with Crippen molar-refractivity contribution >= 4 is 17.8 Å². The Labute approximate surface area is 182 Å². The second kappa shape index (κ2) is 9.34. The monoisotopic (exact) mass is 415 g/mol. The highest BCUT2D eigenvalue weighted by Crippen LogP contribution is 2.30. The largest absolute Gasteiger partial charge is 0.497 e. The molecule has 0 radical (unpaired) electrons. The number of fused-ring (bicyclic) bond motifs is 1. The number of carbonyl (C=O) groups is 1. The normalized spacial score (nSPS) is 12.6. The lowest BCUT2D eigenvalue weighted by atomic mass is 10.1. The SMILES string of the molecule is CCOc1ccc(/C=N\NC(=O)c2ccc3c(c2)CN(c2ccc(OC)cc2)C3)cc1. The van der Waals surface area contributed by atoms with E-state index >= 15 is 0 Å². The summed E-state index contributed by atoms with van der Waals surface area (Å²) in [5, 5.41) is 4.08. The fourth-order valence-electron chi connectivity index (χ4n) is 3.56. The summed E-state index contributed by atoms with van der Waals surface area (Å²) < 4.78 is 10.7. The van der Waals surface area contributed by atoms with Gasteiger partial charge in [0.25, 0.3) is 5.91 Å². The molecule has 4 rings (SSSR count). The molecule has 6 nitrogen and oxygen atoms in total. The molecule has 1 heterocycles. The average molecular weight is 415 g/mol. The minimum atomic E-state index is -0.229. The number of anilines is 1. The predicted octanol–water partition coefficient (Wildman–Crippen LogP) is 4.38. The van der Waals surface area contributed by atoms with Gasteiger partial charge >= 0.3 is 0 Å².